The van der Waals surface area contributed by atoms with Crippen molar-refractivity contribution < 1.29 is 9.18 Å². The van der Waals surface area contributed by atoms with Crippen LogP contribution in [0.25, 0.3) is 22.6 Å². The number of carbonyl (C=O) groups is 1. The van der Waals surface area contributed by atoms with Crippen LogP contribution >= 0.6 is 0 Å². The fourth-order valence-corrected chi connectivity index (χ4v) is 2.60. The van der Waals surface area contributed by atoms with Crippen molar-refractivity contribution >= 4 is 22.8 Å². The maximum atomic E-state index is 13.7. The summed E-state index contributed by atoms with van der Waals surface area (Å²) in [5.41, 5.74) is 2.14. The fraction of sp³-hybridized carbons (Fsp3) is 0.0526. The molecule has 1 N–H and O–H groups in total. The number of hydrogen-bond acceptors (Lipinski definition) is 4. The van der Waals surface area contributed by atoms with E-state index in [0.717, 1.165) is 5.56 Å². The van der Waals surface area contributed by atoms with E-state index in [4.69, 9.17) is 0 Å². The topological polar surface area (TPSA) is 72.7 Å². The van der Waals surface area contributed by atoms with Gasteiger partial charge in [0.05, 0.1) is 18.2 Å². The highest BCUT2D eigenvalue weighted by molar-refractivity contribution is 5.91. The van der Waals surface area contributed by atoms with Crippen molar-refractivity contribution in [3.8, 4) is 11.4 Å². The lowest BCUT2D eigenvalue weighted by Crippen LogP contribution is -2.19. The molecule has 4 rings (SSSR count). The third-order valence-corrected chi connectivity index (χ3v) is 3.85. The van der Waals surface area contributed by atoms with E-state index in [1.54, 1.807) is 22.9 Å². The maximum Gasteiger partial charge on any atom is 0.244 e. The third kappa shape index (κ3) is 3.14. The molecule has 0 spiro atoms. The van der Waals surface area contributed by atoms with Crippen LogP contribution in [-0.2, 0) is 11.3 Å². The minimum absolute atomic E-state index is 0.0317. The second-order valence-electron chi connectivity index (χ2n) is 5.67. The summed E-state index contributed by atoms with van der Waals surface area (Å²) in [5, 5.41) is 2.55. The summed E-state index contributed by atoms with van der Waals surface area (Å²) in [6, 6.07) is 15.6. The Kier molecular flexibility index (Phi) is 4.10. The van der Waals surface area contributed by atoms with Crippen LogP contribution in [0.3, 0.4) is 0 Å². The van der Waals surface area contributed by atoms with Crippen LogP contribution in [0, 0.1) is 5.82 Å². The standard InChI is InChI=1S/C19H14FN5O/c20-14-8-4-5-9-15(14)23-17(26)11-25-12-22-16-10-21-18(24-19(16)25)13-6-2-1-3-7-13/h1-10,12H,11H2,(H,23,26). The molecule has 0 saturated carbocycles. The molecule has 0 aliphatic heterocycles. The molecule has 0 bridgehead atoms. The van der Waals surface area contributed by atoms with Gasteiger partial charge in [-0.3, -0.25) is 4.79 Å². The van der Waals surface area contributed by atoms with Crippen LogP contribution in [0.4, 0.5) is 10.1 Å². The number of rotatable bonds is 4. The Morgan fingerprint density at radius 2 is 1.81 bits per heavy atom. The van der Waals surface area contributed by atoms with Crippen molar-refractivity contribution in [2.75, 3.05) is 5.32 Å². The number of amides is 1. The van der Waals surface area contributed by atoms with Gasteiger partial charge in [-0.15, -0.1) is 0 Å². The molecule has 0 fully saturated rings. The predicted molar refractivity (Wildman–Crippen MR) is 95.8 cm³/mol. The second kappa shape index (κ2) is 6.72. The molecule has 26 heavy (non-hydrogen) atoms. The quantitative estimate of drug-likeness (QED) is 0.615. The van der Waals surface area contributed by atoms with Gasteiger partial charge in [0.2, 0.25) is 5.91 Å². The lowest BCUT2D eigenvalue weighted by Gasteiger charge is -2.07. The van der Waals surface area contributed by atoms with E-state index < -0.39 is 5.82 Å². The van der Waals surface area contributed by atoms with Gasteiger partial charge in [-0.05, 0) is 12.1 Å². The lowest BCUT2D eigenvalue weighted by molar-refractivity contribution is -0.116. The van der Waals surface area contributed by atoms with Crippen molar-refractivity contribution in [3.05, 3.63) is 72.9 Å². The number of nitrogens with zero attached hydrogens (tertiary/aromatic N) is 4. The molecule has 0 unspecified atom stereocenters. The van der Waals surface area contributed by atoms with Gasteiger partial charge in [-0.25, -0.2) is 19.3 Å². The van der Waals surface area contributed by atoms with Gasteiger partial charge in [0.1, 0.15) is 17.9 Å². The van der Waals surface area contributed by atoms with Gasteiger partial charge in [0, 0.05) is 5.56 Å². The summed E-state index contributed by atoms with van der Waals surface area (Å²) < 4.78 is 15.3. The number of nitrogens with one attached hydrogen (secondary N) is 1. The summed E-state index contributed by atoms with van der Waals surface area (Å²) in [5.74, 6) is -0.298. The average Bonchev–Trinajstić information content (AvgIpc) is 3.06. The number of para-hydroxylation sites is 1. The molecule has 6 nitrogen and oxygen atoms in total. The Hall–Kier alpha value is -3.61. The third-order valence-electron chi connectivity index (χ3n) is 3.85. The fourth-order valence-electron chi connectivity index (χ4n) is 2.60. The van der Waals surface area contributed by atoms with Crippen LogP contribution in [0.5, 0.6) is 0 Å². The molecule has 1 amide bonds. The van der Waals surface area contributed by atoms with Gasteiger partial charge in [-0.1, -0.05) is 42.5 Å². The van der Waals surface area contributed by atoms with Gasteiger partial charge in [0.25, 0.3) is 0 Å². The summed E-state index contributed by atoms with van der Waals surface area (Å²) in [4.78, 5) is 25.3. The van der Waals surface area contributed by atoms with Crippen molar-refractivity contribution in [1.82, 2.24) is 19.5 Å². The summed E-state index contributed by atoms with van der Waals surface area (Å²) in [6.07, 6.45) is 3.14. The van der Waals surface area contributed by atoms with Crippen LogP contribution < -0.4 is 5.32 Å². The molecular weight excluding hydrogens is 333 g/mol. The highest BCUT2D eigenvalue weighted by atomic mass is 19.1. The van der Waals surface area contributed by atoms with Crippen molar-refractivity contribution in [3.63, 3.8) is 0 Å². The molecule has 0 radical (unpaired) electrons. The highest BCUT2D eigenvalue weighted by Gasteiger charge is 2.12. The number of fused-ring (bicyclic) bond motifs is 1. The molecule has 0 aliphatic carbocycles. The summed E-state index contributed by atoms with van der Waals surface area (Å²) >= 11 is 0. The molecule has 2 aromatic carbocycles. The highest BCUT2D eigenvalue weighted by Crippen LogP contribution is 2.18. The van der Waals surface area contributed by atoms with E-state index in [9.17, 15) is 9.18 Å². The first kappa shape index (κ1) is 15.9. The summed E-state index contributed by atoms with van der Waals surface area (Å²) in [7, 11) is 0. The molecule has 2 heterocycles. The predicted octanol–water partition coefficient (Wildman–Crippen LogP) is 3.27. The Balaban J connectivity index is 1.60. The van der Waals surface area contributed by atoms with E-state index in [1.807, 2.05) is 30.3 Å². The smallest absolute Gasteiger partial charge is 0.244 e. The molecular formula is C19H14FN5O. The maximum absolute atomic E-state index is 13.7. The first-order chi connectivity index (χ1) is 12.7. The Labute approximate surface area is 148 Å². The Morgan fingerprint density at radius 3 is 2.62 bits per heavy atom. The van der Waals surface area contributed by atoms with Crippen molar-refractivity contribution in [2.24, 2.45) is 0 Å². The van der Waals surface area contributed by atoms with Gasteiger partial charge < -0.3 is 9.88 Å². The van der Waals surface area contributed by atoms with Crippen LogP contribution in [0.2, 0.25) is 0 Å². The Bertz CT molecular complexity index is 1080. The van der Waals surface area contributed by atoms with Gasteiger partial charge in [0.15, 0.2) is 11.5 Å². The minimum atomic E-state index is -0.481. The van der Waals surface area contributed by atoms with E-state index >= 15 is 0 Å². The van der Waals surface area contributed by atoms with E-state index in [0.29, 0.717) is 17.0 Å². The molecule has 0 saturated heterocycles. The number of aromatic nitrogens is 4. The number of hydrogen-bond donors (Lipinski definition) is 1. The van der Waals surface area contributed by atoms with Gasteiger partial charge >= 0.3 is 0 Å². The molecule has 0 atom stereocenters. The zero-order valence-electron chi connectivity index (χ0n) is 13.6. The summed E-state index contributed by atoms with van der Waals surface area (Å²) in [6.45, 7) is -0.0317. The first-order valence-electron chi connectivity index (χ1n) is 7.98. The monoisotopic (exact) mass is 347 g/mol. The number of imidazole rings is 1. The van der Waals surface area contributed by atoms with Crippen molar-refractivity contribution in [1.29, 1.82) is 0 Å². The van der Waals surface area contributed by atoms with Crippen LogP contribution in [0.15, 0.2) is 67.1 Å². The molecule has 7 heteroatoms. The number of carbonyl (C=O) groups excluding carboxylic acids is 1. The van der Waals surface area contributed by atoms with E-state index in [-0.39, 0.29) is 18.1 Å². The lowest BCUT2D eigenvalue weighted by atomic mass is 10.2. The number of benzene rings is 2. The SMILES string of the molecule is O=C(Cn1cnc2cnc(-c3ccccc3)nc21)Nc1ccccc1F. The molecule has 2 aromatic heterocycles. The zero-order valence-corrected chi connectivity index (χ0v) is 13.6. The molecule has 0 aliphatic rings. The normalized spacial score (nSPS) is 10.8. The largest absolute Gasteiger partial charge is 0.322 e. The van der Waals surface area contributed by atoms with Crippen LogP contribution in [0.1, 0.15) is 0 Å². The van der Waals surface area contributed by atoms with Crippen molar-refractivity contribution in [2.45, 2.75) is 6.54 Å². The first-order valence-corrected chi connectivity index (χ1v) is 7.98. The zero-order chi connectivity index (χ0) is 17.9. The number of halogens is 1. The molecule has 4 aromatic rings. The molecule has 128 valence electrons. The average molecular weight is 347 g/mol. The number of anilines is 1. The van der Waals surface area contributed by atoms with Gasteiger partial charge in [-0.2, -0.15) is 0 Å². The van der Waals surface area contributed by atoms with Crippen LogP contribution in [-0.4, -0.2) is 25.4 Å². The van der Waals surface area contributed by atoms with E-state index in [2.05, 4.69) is 20.3 Å². The van der Waals surface area contributed by atoms with E-state index in [1.165, 1.54) is 18.5 Å². The Morgan fingerprint density at radius 1 is 1.04 bits per heavy atom. The second-order valence-corrected chi connectivity index (χ2v) is 5.67. The minimum Gasteiger partial charge on any atom is -0.322 e.